The molecule has 1 fully saturated rings. The van der Waals surface area contributed by atoms with Gasteiger partial charge in [0.15, 0.2) is 11.6 Å². The molecule has 1 aromatic heterocycles. The van der Waals surface area contributed by atoms with E-state index in [1.165, 1.54) is 23.5 Å². The van der Waals surface area contributed by atoms with E-state index in [2.05, 4.69) is 0 Å². The van der Waals surface area contributed by atoms with Gasteiger partial charge in [0.05, 0.1) is 18.2 Å². The van der Waals surface area contributed by atoms with Gasteiger partial charge in [0.1, 0.15) is 5.75 Å². The molecule has 0 spiro atoms. The number of likely N-dealkylation sites (tertiary alicyclic amines) is 1. The molecule has 3 aromatic rings. The average Bonchev–Trinajstić information content (AvgIpc) is 3.43. The number of methoxy groups -OCH3 is 1. The topological polar surface area (TPSA) is 49.9 Å². The van der Waals surface area contributed by atoms with Crippen molar-refractivity contribution >= 4 is 23.2 Å². The Kier molecular flexibility index (Phi) is 7.80. The quantitative estimate of drug-likeness (QED) is 0.446. The van der Waals surface area contributed by atoms with Crippen molar-refractivity contribution in [3.05, 3.63) is 87.6 Å². The first kappa shape index (κ1) is 24.9. The lowest BCUT2D eigenvalue weighted by molar-refractivity contribution is 0.0520. The first-order chi connectivity index (χ1) is 16.9. The molecule has 1 saturated heterocycles. The van der Waals surface area contributed by atoms with Crippen LogP contribution in [0.15, 0.2) is 59.3 Å². The van der Waals surface area contributed by atoms with Crippen molar-refractivity contribution in [2.45, 2.75) is 25.3 Å². The number of carbonyl (C=O) groups is 2. The Labute approximate surface area is 207 Å². The lowest BCUT2D eigenvalue weighted by Gasteiger charge is -2.40. The van der Waals surface area contributed by atoms with Gasteiger partial charge in [0.2, 0.25) is 0 Å². The zero-order valence-corrected chi connectivity index (χ0v) is 20.6. The summed E-state index contributed by atoms with van der Waals surface area (Å²) in [5.41, 5.74) is 1.46. The minimum absolute atomic E-state index is 0.0421. The third-order valence-electron chi connectivity index (χ3n) is 6.72. The van der Waals surface area contributed by atoms with Crippen LogP contribution in [-0.2, 0) is 6.42 Å². The predicted molar refractivity (Wildman–Crippen MR) is 132 cm³/mol. The van der Waals surface area contributed by atoms with E-state index in [0.29, 0.717) is 37.9 Å². The first-order valence-corrected chi connectivity index (χ1v) is 12.5. The Morgan fingerprint density at radius 2 is 1.89 bits per heavy atom. The van der Waals surface area contributed by atoms with Gasteiger partial charge in [-0.2, -0.15) is 11.3 Å². The molecule has 35 heavy (non-hydrogen) atoms. The van der Waals surface area contributed by atoms with Crippen molar-refractivity contribution < 1.29 is 23.1 Å². The van der Waals surface area contributed by atoms with E-state index < -0.39 is 17.5 Å². The number of likely N-dealkylation sites (N-methyl/N-ethyl adjacent to an activating group) is 1. The molecular weight excluding hydrogens is 470 g/mol. The van der Waals surface area contributed by atoms with Crippen LogP contribution < -0.4 is 4.74 Å². The molecule has 0 N–H and O–H groups in total. The Bertz CT molecular complexity index is 1180. The number of thiophene rings is 1. The molecule has 184 valence electrons. The van der Waals surface area contributed by atoms with Gasteiger partial charge in [0.25, 0.3) is 11.8 Å². The largest absolute Gasteiger partial charge is 0.497 e. The molecular formula is C27H28F2N2O3S. The molecule has 5 nitrogen and oxygen atoms in total. The van der Waals surface area contributed by atoms with Crippen molar-refractivity contribution in [1.29, 1.82) is 0 Å². The predicted octanol–water partition coefficient (Wildman–Crippen LogP) is 5.27. The average molecular weight is 499 g/mol. The van der Waals surface area contributed by atoms with Gasteiger partial charge in [-0.1, -0.05) is 18.2 Å². The number of hydrogen-bond acceptors (Lipinski definition) is 4. The summed E-state index contributed by atoms with van der Waals surface area (Å²) in [5.74, 6) is -1.80. The van der Waals surface area contributed by atoms with Crippen molar-refractivity contribution in [3.63, 3.8) is 0 Å². The van der Waals surface area contributed by atoms with Gasteiger partial charge >= 0.3 is 0 Å². The van der Waals surface area contributed by atoms with Crippen LogP contribution in [0.25, 0.3) is 0 Å². The maximum Gasteiger partial charge on any atom is 0.256 e. The molecule has 1 unspecified atom stereocenters. The molecule has 0 bridgehead atoms. The number of hydrogen-bond donors (Lipinski definition) is 0. The van der Waals surface area contributed by atoms with Gasteiger partial charge in [-0.25, -0.2) is 8.78 Å². The lowest BCUT2D eigenvalue weighted by atomic mass is 9.84. The number of amides is 2. The zero-order chi connectivity index (χ0) is 24.9. The normalized spacial score (nSPS) is 15.0. The van der Waals surface area contributed by atoms with Crippen LogP contribution in [0.5, 0.6) is 5.75 Å². The smallest absolute Gasteiger partial charge is 0.256 e. The summed E-state index contributed by atoms with van der Waals surface area (Å²) >= 11 is 1.48. The van der Waals surface area contributed by atoms with Crippen LogP contribution in [0.4, 0.5) is 8.78 Å². The van der Waals surface area contributed by atoms with Crippen LogP contribution >= 0.6 is 11.3 Å². The zero-order valence-electron chi connectivity index (χ0n) is 19.7. The van der Waals surface area contributed by atoms with E-state index in [1.807, 2.05) is 48.1 Å². The number of nitrogens with zero attached hydrogens (tertiary/aromatic N) is 2. The monoisotopic (exact) mass is 498 g/mol. The van der Waals surface area contributed by atoms with Crippen LogP contribution in [-0.4, -0.2) is 54.9 Å². The van der Waals surface area contributed by atoms with E-state index in [9.17, 15) is 18.4 Å². The summed E-state index contributed by atoms with van der Waals surface area (Å²) in [6.07, 6.45) is 1.94. The number of carbonyl (C=O) groups excluding carboxylic acids is 2. The summed E-state index contributed by atoms with van der Waals surface area (Å²) in [5, 5.41) is 3.73. The number of halogens is 2. The Morgan fingerprint density at radius 3 is 2.57 bits per heavy atom. The highest BCUT2D eigenvalue weighted by molar-refractivity contribution is 7.08. The number of rotatable bonds is 7. The van der Waals surface area contributed by atoms with Crippen molar-refractivity contribution in [2.75, 3.05) is 27.2 Å². The van der Waals surface area contributed by atoms with Gasteiger partial charge in [-0.3, -0.25) is 9.59 Å². The highest BCUT2D eigenvalue weighted by atomic mass is 32.1. The van der Waals surface area contributed by atoms with Crippen molar-refractivity contribution in [1.82, 2.24) is 9.80 Å². The van der Waals surface area contributed by atoms with E-state index in [0.717, 1.165) is 17.4 Å². The highest BCUT2D eigenvalue weighted by Gasteiger charge is 2.34. The van der Waals surface area contributed by atoms with E-state index in [-0.39, 0.29) is 23.4 Å². The minimum atomic E-state index is -1.11. The SMILES string of the molecule is COc1cccc(CC(C2CCN(C(=O)c3cccc(F)c3F)CC2)N(C)C(=O)c2ccsc2)c1. The Morgan fingerprint density at radius 1 is 1.14 bits per heavy atom. The van der Waals surface area contributed by atoms with Gasteiger partial charge < -0.3 is 14.5 Å². The molecule has 1 atom stereocenters. The van der Waals surface area contributed by atoms with Crippen LogP contribution in [0.1, 0.15) is 39.1 Å². The van der Waals surface area contributed by atoms with E-state index >= 15 is 0 Å². The second-order valence-electron chi connectivity index (χ2n) is 8.78. The molecule has 1 aliphatic heterocycles. The summed E-state index contributed by atoms with van der Waals surface area (Å²) < 4.78 is 33.2. The Hall–Kier alpha value is -3.26. The second kappa shape index (κ2) is 11.0. The fraction of sp³-hybridized carbons (Fsp3) is 0.333. The fourth-order valence-corrected chi connectivity index (χ4v) is 5.36. The number of piperidine rings is 1. The van der Waals surface area contributed by atoms with Crippen LogP contribution in [0.3, 0.4) is 0 Å². The van der Waals surface area contributed by atoms with Crippen LogP contribution in [0.2, 0.25) is 0 Å². The molecule has 2 heterocycles. The molecule has 8 heteroatoms. The fourth-order valence-electron chi connectivity index (χ4n) is 4.73. The van der Waals surface area contributed by atoms with Crippen LogP contribution in [0, 0.1) is 17.6 Å². The molecule has 0 aliphatic carbocycles. The molecule has 1 aliphatic rings. The summed E-state index contributed by atoms with van der Waals surface area (Å²) in [4.78, 5) is 29.4. The maximum absolute atomic E-state index is 14.2. The second-order valence-corrected chi connectivity index (χ2v) is 9.56. The summed E-state index contributed by atoms with van der Waals surface area (Å²) in [7, 11) is 3.45. The third-order valence-corrected chi connectivity index (χ3v) is 7.40. The molecule has 0 radical (unpaired) electrons. The summed E-state index contributed by atoms with van der Waals surface area (Å²) in [6.45, 7) is 0.823. The molecule has 0 saturated carbocycles. The first-order valence-electron chi connectivity index (χ1n) is 11.5. The van der Waals surface area contributed by atoms with Gasteiger partial charge in [-0.05, 0) is 66.5 Å². The van der Waals surface area contributed by atoms with Gasteiger partial charge in [-0.15, -0.1) is 0 Å². The van der Waals surface area contributed by atoms with Gasteiger partial charge in [0, 0.05) is 31.6 Å². The van der Waals surface area contributed by atoms with E-state index in [4.69, 9.17) is 4.74 Å². The van der Waals surface area contributed by atoms with Crippen molar-refractivity contribution in [2.24, 2.45) is 5.92 Å². The number of ether oxygens (including phenoxy) is 1. The third kappa shape index (κ3) is 5.53. The lowest BCUT2D eigenvalue weighted by Crippen LogP contribution is -2.48. The molecule has 2 aromatic carbocycles. The minimum Gasteiger partial charge on any atom is -0.497 e. The van der Waals surface area contributed by atoms with Crippen molar-refractivity contribution in [3.8, 4) is 5.75 Å². The number of benzene rings is 2. The standard InChI is InChI=1S/C27H28F2N2O3S/c1-30(26(32)20-11-14-35-17-20)24(16-18-5-3-6-21(15-18)34-2)19-9-12-31(13-10-19)27(33)22-7-4-8-23(28)25(22)29/h3-8,11,14-15,17,19,24H,9-10,12-13,16H2,1-2H3. The highest BCUT2D eigenvalue weighted by Crippen LogP contribution is 2.29. The Balaban J connectivity index is 1.52. The molecule has 4 rings (SSSR count). The maximum atomic E-state index is 14.2. The summed E-state index contributed by atoms with van der Waals surface area (Å²) in [6, 6.07) is 13.2. The molecule has 2 amide bonds. The van der Waals surface area contributed by atoms with E-state index in [1.54, 1.807) is 16.9 Å².